The fourth-order valence-electron chi connectivity index (χ4n) is 4.27. The number of nitrogens with zero attached hydrogens (tertiary/aromatic N) is 1. The highest BCUT2D eigenvalue weighted by Gasteiger charge is 2.30. The lowest BCUT2D eigenvalue weighted by molar-refractivity contribution is -0.136. The van der Waals surface area contributed by atoms with Crippen molar-refractivity contribution < 1.29 is 32.5 Å². The second-order valence-electron chi connectivity index (χ2n) is 8.13. The van der Waals surface area contributed by atoms with Crippen LogP contribution in [0.4, 0.5) is 0 Å². The Morgan fingerprint density at radius 3 is 2.56 bits per heavy atom. The van der Waals surface area contributed by atoms with Crippen molar-refractivity contribution in [2.75, 3.05) is 13.9 Å². The SMILES string of the molecule is COc1ccc(C2=CCC(S(=O)(=O)n3cc(CCC(=O)O)c4cc5c(cc43)OCO5)C=C2)cc1. The third-order valence-corrected chi connectivity index (χ3v) is 8.06. The molecule has 0 fully saturated rings. The third-order valence-electron chi connectivity index (χ3n) is 6.10. The van der Waals surface area contributed by atoms with Crippen LogP contribution in [0.5, 0.6) is 17.2 Å². The van der Waals surface area contributed by atoms with Gasteiger partial charge in [0.2, 0.25) is 16.8 Å². The van der Waals surface area contributed by atoms with Gasteiger partial charge in [-0.3, -0.25) is 4.79 Å². The third kappa shape index (κ3) is 3.92. The molecule has 2 aliphatic rings. The van der Waals surface area contributed by atoms with Crippen molar-refractivity contribution in [1.82, 2.24) is 3.97 Å². The van der Waals surface area contributed by atoms with Gasteiger partial charge in [0.05, 0.1) is 12.6 Å². The lowest BCUT2D eigenvalue weighted by Gasteiger charge is -2.18. The van der Waals surface area contributed by atoms with Gasteiger partial charge in [0.15, 0.2) is 11.5 Å². The van der Waals surface area contributed by atoms with E-state index in [1.807, 2.05) is 36.4 Å². The number of hydrogen-bond donors (Lipinski definition) is 1. The molecule has 0 spiro atoms. The standard InChI is InChI=1S/C25H23NO7S/c1-31-19-7-2-16(3-8-19)17-4-9-20(10-5-17)34(29,30)26-14-18(6-11-25(27)28)21-12-23-24(13-22(21)26)33-15-32-23/h2-5,7-9,12-14,20H,6,10-11,15H2,1H3,(H,27,28). The van der Waals surface area contributed by atoms with Gasteiger partial charge in [-0.2, -0.15) is 0 Å². The first-order chi connectivity index (χ1) is 16.4. The number of aliphatic carboxylic acids is 1. The van der Waals surface area contributed by atoms with Crippen LogP contribution in [0.25, 0.3) is 16.5 Å². The molecule has 0 bridgehead atoms. The Labute approximate surface area is 196 Å². The van der Waals surface area contributed by atoms with Gasteiger partial charge in [0.25, 0.3) is 0 Å². The maximum absolute atomic E-state index is 13.7. The minimum absolute atomic E-state index is 0.0590. The van der Waals surface area contributed by atoms with Crippen molar-refractivity contribution in [3.8, 4) is 17.2 Å². The Morgan fingerprint density at radius 2 is 1.91 bits per heavy atom. The monoisotopic (exact) mass is 481 g/mol. The molecule has 2 heterocycles. The Morgan fingerprint density at radius 1 is 1.18 bits per heavy atom. The van der Waals surface area contributed by atoms with E-state index in [9.17, 15) is 13.2 Å². The molecule has 1 aliphatic heterocycles. The quantitative estimate of drug-likeness (QED) is 0.544. The number of benzene rings is 2. The topological polar surface area (TPSA) is 104 Å². The zero-order chi connectivity index (χ0) is 23.9. The summed E-state index contributed by atoms with van der Waals surface area (Å²) in [6, 6.07) is 11.0. The molecule has 1 aliphatic carbocycles. The van der Waals surface area contributed by atoms with E-state index >= 15 is 0 Å². The summed E-state index contributed by atoms with van der Waals surface area (Å²) in [4.78, 5) is 11.1. The van der Waals surface area contributed by atoms with E-state index in [1.165, 1.54) is 10.2 Å². The average Bonchev–Trinajstić information content (AvgIpc) is 3.45. The first kappa shape index (κ1) is 22.1. The van der Waals surface area contributed by atoms with Gasteiger partial charge < -0.3 is 19.3 Å². The molecule has 34 heavy (non-hydrogen) atoms. The molecule has 0 amide bonds. The normalized spacial score (nSPS) is 17.1. The molecule has 5 rings (SSSR count). The van der Waals surface area contributed by atoms with Gasteiger partial charge in [0.1, 0.15) is 11.0 Å². The fraction of sp³-hybridized carbons (Fsp3) is 0.240. The highest BCUT2D eigenvalue weighted by atomic mass is 32.2. The van der Waals surface area contributed by atoms with E-state index in [1.54, 1.807) is 25.3 Å². The predicted octanol–water partition coefficient (Wildman–Crippen LogP) is 3.99. The van der Waals surface area contributed by atoms with E-state index in [4.69, 9.17) is 19.3 Å². The Balaban J connectivity index is 1.48. The molecule has 176 valence electrons. The van der Waals surface area contributed by atoms with Gasteiger partial charge >= 0.3 is 5.97 Å². The number of aryl methyl sites for hydroxylation is 1. The van der Waals surface area contributed by atoms with Gasteiger partial charge in [-0.05, 0) is 47.7 Å². The molecule has 1 N–H and O–H groups in total. The molecular weight excluding hydrogens is 458 g/mol. The molecule has 0 saturated carbocycles. The number of carboxylic acids is 1. The lowest BCUT2D eigenvalue weighted by atomic mass is 9.99. The molecule has 2 aromatic carbocycles. The highest BCUT2D eigenvalue weighted by molar-refractivity contribution is 7.90. The number of carbonyl (C=O) groups is 1. The van der Waals surface area contributed by atoms with Crippen LogP contribution in [0.3, 0.4) is 0 Å². The van der Waals surface area contributed by atoms with Crippen LogP contribution in [0.1, 0.15) is 24.0 Å². The summed E-state index contributed by atoms with van der Waals surface area (Å²) in [5.74, 6) is 0.788. The maximum atomic E-state index is 13.7. The number of hydrogen-bond acceptors (Lipinski definition) is 6. The Hall–Kier alpha value is -3.72. The van der Waals surface area contributed by atoms with E-state index in [0.29, 0.717) is 34.4 Å². The zero-order valence-electron chi connectivity index (χ0n) is 18.4. The summed E-state index contributed by atoms with van der Waals surface area (Å²) in [5.41, 5.74) is 3.00. The Bertz CT molecular complexity index is 1430. The van der Waals surface area contributed by atoms with Crippen molar-refractivity contribution >= 4 is 32.5 Å². The van der Waals surface area contributed by atoms with E-state index in [-0.39, 0.29) is 19.6 Å². The summed E-state index contributed by atoms with van der Waals surface area (Å²) in [7, 11) is -2.21. The second kappa shape index (κ2) is 8.57. The van der Waals surface area contributed by atoms with Crippen molar-refractivity contribution in [2.45, 2.75) is 24.5 Å². The second-order valence-corrected chi connectivity index (χ2v) is 10.2. The predicted molar refractivity (Wildman–Crippen MR) is 127 cm³/mol. The summed E-state index contributed by atoms with van der Waals surface area (Å²) in [6.07, 6.45) is 7.37. The molecule has 3 aromatic rings. The smallest absolute Gasteiger partial charge is 0.303 e. The van der Waals surface area contributed by atoms with Crippen molar-refractivity contribution in [3.63, 3.8) is 0 Å². The number of fused-ring (bicyclic) bond motifs is 2. The summed E-state index contributed by atoms with van der Waals surface area (Å²) < 4.78 is 44.7. The molecule has 8 nitrogen and oxygen atoms in total. The number of rotatable bonds is 7. The highest BCUT2D eigenvalue weighted by Crippen LogP contribution is 2.39. The molecular formula is C25H23NO7S. The molecule has 0 radical (unpaired) electrons. The summed E-state index contributed by atoms with van der Waals surface area (Å²) in [6.45, 7) is 0.0590. The number of aromatic nitrogens is 1. The molecule has 1 aromatic heterocycles. The van der Waals surface area contributed by atoms with Crippen molar-refractivity contribution in [1.29, 1.82) is 0 Å². The van der Waals surface area contributed by atoms with Crippen LogP contribution in [0.15, 0.2) is 60.8 Å². The maximum Gasteiger partial charge on any atom is 0.303 e. The largest absolute Gasteiger partial charge is 0.497 e. The molecule has 0 saturated heterocycles. The van der Waals surface area contributed by atoms with Gasteiger partial charge in [-0.1, -0.05) is 30.4 Å². The van der Waals surface area contributed by atoms with Crippen molar-refractivity contribution in [3.05, 3.63) is 72.0 Å². The van der Waals surface area contributed by atoms with Crippen LogP contribution < -0.4 is 14.2 Å². The molecule has 1 atom stereocenters. The summed E-state index contributed by atoms with van der Waals surface area (Å²) >= 11 is 0. The van der Waals surface area contributed by atoms with E-state index < -0.39 is 21.2 Å². The lowest BCUT2D eigenvalue weighted by Crippen LogP contribution is -2.26. The van der Waals surface area contributed by atoms with Gasteiger partial charge in [-0.25, -0.2) is 12.4 Å². The van der Waals surface area contributed by atoms with Crippen LogP contribution in [-0.2, 0) is 21.2 Å². The van der Waals surface area contributed by atoms with E-state index in [0.717, 1.165) is 16.9 Å². The molecule has 1 unspecified atom stereocenters. The summed E-state index contributed by atoms with van der Waals surface area (Å²) in [5, 5.41) is 9.01. The zero-order valence-corrected chi connectivity index (χ0v) is 19.2. The van der Waals surface area contributed by atoms with Crippen LogP contribution >= 0.6 is 0 Å². The average molecular weight is 482 g/mol. The first-order valence-electron chi connectivity index (χ1n) is 10.8. The minimum Gasteiger partial charge on any atom is -0.497 e. The van der Waals surface area contributed by atoms with Crippen molar-refractivity contribution in [2.24, 2.45) is 0 Å². The van der Waals surface area contributed by atoms with Gasteiger partial charge in [0, 0.05) is 24.1 Å². The number of allylic oxidation sites excluding steroid dienone is 3. The number of ether oxygens (including phenoxy) is 3. The first-order valence-corrected chi connectivity index (χ1v) is 12.3. The molecule has 9 heteroatoms. The fourth-order valence-corrected chi connectivity index (χ4v) is 5.88. The number of carboxylic acid groups (broad SMARTS) is 1. The number of methoxy groups -OCH3 is 1. The minimum atomic E-state index is -3.82. The van der Waals surface area contributed by atoms with Crippen LogP contribution in [0, 0.1) is 0 Å². The van der Waals surface area contributed by atoms with Crippen LogP contribution in [-0.4, -0.2) is 42.6 Å². The van der Waals surface area contributed by atoms with E-state index in [2.05, 4.69) is 0 Å². The Kier molecular flexibility index (Phi) is 5.57. The van der Waals surface area contributed by atoms with Gasteiger partial charge in [-0.15, -0.1) is 0 Å². The van der Waals surface area contributed by atoms with Crippen LogP contribution in [0.2, 0.25) is 0 Å².